The molecule has 0 spiro atoms. The molecule has 0 bridgehead atoms. The Kier molecular flexibility index (Phi) is 3.87. The van der Waals surface area contributed by atoms with Gasteiger partial charge in [0.25, 0.3) is 5.56 Å². The van der Waals surface area contributed by atoms with Crippen molar-refractivity contribution in [1.82, 2.24) is 39.7 Å². The summed E-state index contributed by atoms with van der Waals surface area (Å²) in [5.74, 6) is 0. The number of thiazole rings is 1. The third kappa shape index (κ3) is 2.73. The van der Waals surface area contributed by atoms with Crippen molar-refractivity contribution in [2.45, 2.75) is 13.1 Å². The molecule has 1 aromatic carbocycles. The summed E-state index contributed by atoms with van der Waals surface area (Å²) in [7, 11) is 1.85. The maximum atomic E-state index is 13.3. The summed E-state index contributed by atoms with van der Waals surface area (Å²) in [6, 6.07) is 5.79. The summed E-state index contributed by atoms with van der Waals surface area (Å²) in [4.78, 5) is 31.6. The van der Waals surface area contributed by atoms with Crippen LogP contribution in [0.1, 0.15) is 10.6 Å². The fourth-order valence-electron chi connectivity index (χ4n) is 4.17. The highest BCUT2D eigenvalue weighted by Gasteiger charge is 2.23. The molecule has 0 aliphatic carbocycles. The molecule has 0 saturated carbocycles. The van der Waals surface area contributed by atoms with Crippen LogP contribution in [0.4, 0.5) is 4.79 Å². The molecule has 1 fully saturated rings. The molecule has 1 aliphatic rings. The van der Waals surface area contributed by atoms with Crippen molar-refractivity contribution in [1.29, 1.82) is 0 Å². The van der Waals surface area contributed by atoms with Gasteiger partial charge in [0.05, 0.1) is 35.7 Å². The van der Waals surface area contributed by atoms with Crippen LogP contribution in [0.15, 0.2) is 35.4 Å². The number of nitrogens with zero attached hydrogens (tertiary/aromatic N) is 6. The Morgan fingerprint density at radius 1 is 1.16 bits per heavy atom. The number of aromatic nitrogens is 6. The Bertz CT molecular complexity index is 1540. The lowest BCUT2D eigenvalue weighted by Crippen LogP contribution is -2.27. The molecule has 4 aromatic heterocycles. The molecule has 0 radical (unpaired) electrons. The lowest BCUT2D eigenvalue weighted by molar-refractivity contribution is 0.215. The van der Waals surface area contributed by atoms with Gasteiger partial charge in [0.15, 0.2) is 5.65 Å². The molecular weight excluding hydrogens is 416 g/mol. The van der Waals surface area contributed by atoms with Crippen LogP contribution in [0.2, 0.25) is 0 Å². The van der Waals surface area contributed by atoms with E-state index in [1.807, 2.05) is 29.8 Å². The van der Waals surface area contributed by atoms with Crippen LogP contribution in [0.25, 0.3) is 32.2 Å². The van der Waals surface area contributed by atoms with Gasteiger partial charge in [-0.3, -0.25) is 9.89 Å². The summed E-state index contributed by atoms with van der Waals surface area (Å²) in [5, 5.41) is 16.9. The van der Waals surface area contributed by atoms with E-state index in [0.29, 0.717) is 31.7 Å². The third-order valence-corrected chi connectivity index (χ3v) is 6.80. The monoisotopic (exact) mass is 434 g/mol. The predicted molar refractivity (Wildman–Crippen MR) is 117 cm³/mol. The van der Waals surface area contributed by atoms with Crippen molar-refractivity contribution in [2.24, 2.45) is 7.05 Å². The minimum Gasteiger partial charge on any atom is -0.336 e. The van der Waals surface area contributed by atoms with Crippen LogP contribution < -0.4 is 10.9 Å². The van der Waals surface area contributed by atoms with Crippen molar-refractivity contribution in [3.63, 3.8) is 0 Å². The number of benzene rings is 1. The van der Waals surface area contributed by atoms with Crippen LogP contribution in [0.5, 0.6) is 0 Å². The third-order valence-electron chi connectivity index (χ3n) is 5.74. The molecular formula is C20H18N8O2S. The normalized spacial score (nSPS) is 14.4. The lowest BCUT2D eigenvalue weighted by atomic mass is 10.1. The average molecular weight is 434 g/mol. The molecule has 2 amide bonds. The summed E-state index contributed by atoms with van der Waals surface area (Å²) in [6.07, 6.45) is 3.50. The summed E-state index contributed by atoms with van der Waals surface area (Å²) in [6.45, 7) is 2.15. The quantitative estimate of drug-likeness (QED) is 0.448. The first-order valence-corrected chi connectivity index (χ1v) is 10.7. The largest absolute Gasteiger partial charge is 0.336 e. The molecule has 1 aliphatic heterocycles. The van der Waals surface area contributed by atoms with Gasteiger partial charge in [-0.2, -0.15) is 10.2 Å². The molecule has 156 valence electrons. The number of hydrogen-bond donors (Lipinski definition) is 2. The first-order valence-electron chi connectivity index (χ1n) is 9.88. The Hall–Kier alpha value is -3.73. The molecule has 11 heteroatoms. The maximum absolute atomic E-state index is 13.3. The van der Waals surface area contributed by atoms with Gasteiger partial charge in [-0.25, -0.2) is 14.5 Å². The van der Waals surface area contributed by atoms with Crippen molar-refractivity contribution in [3.8, 4) is 0 Å². The Labute approximate surface area is 179 Å². The van der Waals surface area contributed by atoms with Crippen LogP contribution in [-0.4, -0.2) is 53.5 Å². The van der Waals surface area contributed by atoms with Gasteiger partial charge >= 0.3 is 6.03 Å². The molecule has 0 atom stereocenters. The number of H-pyrrole nitrogens is 1. The minimum absolute atomic E-state index is 0.0682. The number of fused-ring (bicyclic) bond motifs is 4. The van der Waals surface area contributed by atoms with E-state index in [1.54, 1.807) is 17.3 Å². The van der Waals surface area contributed by atoms with Gasteiger partial charge in [-0.1, -0.05) is 12.1 Å². The van der Waals surface area contributed by atoms with E-state index >= 15 is 0 Å². The topological polar surface area (TPSA) is 114 Å². The Balaban J connectivity index is 1.41. The number of carbonyl (C=O) groups is 1. The van der Waals surface area contributed by atoms with Crippen molar-refractivity contribution >= 4 is 49.5 Å². The zero-order valence-electron chi connectivity index (χ0n) is 16.6. The van der Waals surface area contributed by atoms with E-state index in [2.05, 4.69) is 20.6 Å². The number of aromatic amines is 1. The van der Waals surface area contributed by atoms with Crippen LogP contribution in [0.3, 0.4) is 0 Å². The van der Waals surface area contributed by atoms with Gasteiger partial charge in [0, 0.05) is 30.9 Å². The fraction of sp³-hybridized carbons (Fsp3) is 0.250. The van der Waals surface area contributed by atoms with Gasteiger partial charge in [-0.15, -0.1) is 11.3 Å². The first-order chi connectivity index (χ1) is 15.1. The second kappa shape index (κ2) is 6.64. The second-order valence-electron chi connectivity index (χ2n) is 7.59. The molecule has 31 heavy (non-hydrogen) atoms. The highest BCUT2D eigenvalue weighted by molar-refractivity contribution is 7.19. The van der Waals surface area contributed by atoms with Crippen LogP contribution in [0, 0.1) is 0 Å². The van der Waals surface area contributed by atoms with Gasteiger partial charge in [-0.05, 0) is 11.6 Å². The lowest BCUT2D eigenvalue weighted by Gasteiger charge is -2.11. The fourth-order valence-corrected chi connectivity index (χ4v) is 5.29. The minimum atomic E-state index is -0.161. The number of rotatable bonds is 4. The zero-order chi connectivity index (χ0) is 21.1. The van der Waals surface area contributed by atoms with Crippen molar-refractivity contribution in [3.05, 3.63) is 51.5 Å². The molecule has 6 rings (SSSR count). The van der Waals surface area contributed by atoms with Gasteiger partial charge in [0.2, 0.25) is 0 Å². The molecule has 2 N–H and O–H groups in total. The van der Waals surface area contributed by atoms with Crippen LogP contribution in [-0.2, 0) is 20.1 Å². The molecule has 5 aromatic rings. The first kappa shape index (κ1) is 18.1. The smallest absolute Gasteiger partial charge is 0.317 e. The molecule has 1 saturated heterocycles. The average Bonchev–Trinajstić information content (AvgIpc) is 3.52. The predicted octanol–water partition coefficient (Wildman–Crippen LogP) is 1.79. The highest BCUT2D eigenvalue weighted by atomic mass is 32.1. The van der Waals surface area contributed by atoms with E-state index in [0.717, 1.165) is 37.2 Å². The Morgan fingerprint density at radius 2 is 2.06 bits per heavy atom. The summed E-state index contributed by atoms with van der Waals surface area (Å²) < 4.78 is 4.22. The number of urea groups is 1. The van der Waals surface area contributed by atoms with Crippen molar-refractivity contribution in [2.75, 3.05) is 13.1 Å². The van der Waals surface area contributed by atoms with E-state index in [9.17, 15) is 9.59 Å². The van der Waals surface area contributed by atoms with E-state index in [-0.39, 0.29) is 11.6 Å². The summed E-state index contributed by atoms with van der Waals surface area (Å²) in [5.41, 5.74) is 3.05. The van der Waals surface area contributed by atoms with E-state index in [4.69, 9.17) is 4.98 Å². The van der Waals surface area contributed by atoms with Crippen molar-refractivity contribution < 1.29 is 4.79 Å². The number of amides is 2. The number of aryl methyl sites for hydroxylation is 1. The molecule has 0 unspecified atom stereocenters. The van der Waals surface area contributed by atoms with Gasteiger partial charge < -0.3 is 14.8 Å². The summed E-state index contributed by atoms with van der Waals surface area (Å²) >= 11 is 1.50. The number of nitrogens with one attached hydrogen (secondary N) is 2. The highest BCUT2D eigenvalue weighted by Crippen LogP contribution is 2.31. The number of hydrogen-bond acceptors (Lipinski definition) is 6. The van der Waals surface area contributed by atoms with E-state index < -0.39 is 0 Å². The van der Waals surface area contributed by atoms with E-state index in [1.165, 1.54) is 16.0 Å². The van der Waals surface area contributed by atoms with Gasteiger partial charge in [0.1, 0.15) is 10.5 Å². The zero-order valence-corrected chi connectivity index (χ0v) is 17.4. The maximum Gasteiger partial charge on any atom is 0.317 e. The second-order valence-corrected chi connectivity index (χ2v) is 8.67. The molecule has 10 nitrogen and oxygen atoms in total. The van der Waals surface area contributed by atoms with Crippen LogP contribution >= 0.6 is 11.3 Å². The standard InChI is InChI=1S/C20H18N8O2S/c1-26-16-13(17-18(26)24-15(31-17)10-27-6-5-21-20(27)30)8-23-28(19(16)29)9-11-3-2-4-14-12(11)7-22-25-14/h2-4,7-8H,5-6,9-10H2,1H3,(H,21,30)(H,22,25). The molecule has 5 heterocycles. The number of carbonyl (C=O) groups excluding carboxylic acids is 1. The SMILES string of the molecule is Cn1c2nc(CN3CCNC3=O)sc2c2cnn(Cc3cccc4[nH]ncc34)c(=O)c21. The Morgan fingerprint density at radius 3 is 2.90 bits per heavy atom.